The van der Waals surface area contributed by atoms with Crippen molar-refractivity contribution in [3.05, 3.63) is 35.5 Å². The third-order valence-electron chi connectivity index (χ3n) is 9.37. The van der Waals surface area contributed by atoms with Gasteiger partial charge in [-0.1, -0.05) is 77.3 Å². The van der Waals surface area contributed by atoms with E-state index in [0.29, 0.717) is 5.41 Å². The van der Waals surface area contributed by atoms with Crippen LogP contribution < -0.4 is 0 Å². The molecule has 0 radical (unpaired) electrons. The van der Waals surface area contributed by atoms with Gasteiger partial charge in [-0.15, -0.1) is 0 Å². The van der Waals surface area contributed by atoms with Crippen molar-refractivity contribution >= 4 is 0 Å². The van der Waals surface area contributed by atoms with Gasteiger partial charge in [0.2, 0.25) is 0 Å². The number of aliphatic hydroxyl groups excluding tert-OH is 1. The van der Waals surface area contributed by atoms with Crippen molar-refractivity contribution in [3.8, 4) is 0 Å². The third kappa shape index (κ3) is 5.14. The highest BCUT2D eigenvalue weighted by Gasteiger charge is 2.50. The minimum atomic E-state index is -0.175. The molecule has 0 bridgehead atoms. The minimum absolute atomic E-state index is 0.175. The molecule has 3 rings (SSSR count). The summed E-state index contributed by atoms with van der Waals surface area (Å²) in [6, 6.07) is 0. The molecule has 0 aromatic carbocycles. The number of hydrogen-bond acceptors (Lipinski definition) is 1. The van der Waals surface area contributed by atoms with E-state index in [9.17, 15) is 5.11 Å². The van der Waals surface area contributed by atoms with Crippen LogP contribution in [0, 0.1) is 35.0 Å². The smallest absolute Gasteiger partial charge is 0.0583 e. The number of rotatable bonds is 7. The van der Waals surface area contributed by atoms with Crippen molar-refractivity contribution in [2.45, 2.75) is 111 Å². The van der Waals surface area contributed by atoms with Crippen LogP contribution in [-0.4, -0.2) is 11.2 Å². The quantitative estimate of drug-likeness (QED) is 0.446. The molecule has 3 saturated carbocycles. The van der Waals surface area contributed by atoms with Crippen molar-refractivity contribution in [1.82, 2.24) is 0 Å². The summed E-state index contributed by atoms with van der Waals surface area (Å²) in [7, 11) is 0. The molecule has 170 valence electrons. The summed E-state index contributed by atoms with van der Waals surface area (Å²) < 4.78 is 0. The molecule has 0 saturated heterocycles. The Morgan fingerprint density at radius 2 is 1.87 bits per heavy atom. The third-order valence-corrected chi connectivity index (χ3v) is 9.37. The second-order valence-corrected chi connectivity index (χ2v) is 11.5. The Morgan fingerprint density at radius 3 is 2.57 bits per heavy atom. The zero-order valence-electron chi connectivity index (χ0n) is 20.6. The monoisotopic (exact) mass is 412 g/mol. The largest absolute Gasteiger partial charge is 0.393 e. The van der Waals surface area contributed by atoms with Crippen molar-refractivity contribution in [1.29, 1.82) is 0 Å². The summed E-state index contributed by atoms with van der Waals surface area (Å²) in [5.74, 6) is 4.21. The SMILES string of the molecule is C=C1CC[C@H](O)C/C1=C\C=C1\CCC[C@]2(C)[C@@H]([C@H](C)CC[C@H](CC)C(C)C)CC[C@@H]12. The highest BCUT2D eigenvalue weighted by atomic mass is 16.3. The predicted molar refractivity (Wildman–Crippen MR) is 130 cm³/mol. The Hall–Kier alpha value is -0.820. The van der Waals surface area contributed by atoms with E-state index in [1.165, 1.54) is 62.5 Å². The average Bonchev–Trinajstić information content (AvgIpc) is 3.06. The van der Waals surface area contributed by atoms with Gasteiger partial charge < -0.3 is 5.11 Å². The van der Waals surface area contributed by atoms with Crippen LogP contribution in [-0.2, 0) is 0 Å². The second kappa shape index (κ2) is 10.2. The molecule has 1 heteroatoms. The first kappa shape index (κ1) is 23.8. The molecule has 6 atom stereocenters. The number of hydrogen-bond donors (Lipinski definition) is 1. The standard InChI is InChI=1S/C29H48O/c1-7-23(20(2)3)12-10-22(5)27-16-17-28-24(9-8-18-29(27,28)6)13-14-25-19-26(30)15-11-21(25)4/h13-14,20,22-23,26-28,30H,4,7-12,15-19H2,1-3,5-6H3/b24-13-,25-14+/t22-,23+,26+,27-,28+,29-/m1/s1. The zero-order chi connectivity index (χ0) is 21.9. The molecule has 0 spiro atoms. The van der Waals surface area contributed by atoms with Gasteiger partial charge in [-0.2, -0.15) is 0 Å². The van der Waals surface area contributed by atoms with E-state index >= 15 is 0 Å². The fraction of sp³-hybridized carbons (Fsp3) is 0.793. The topological polar surface area (TPSA) is 20.2 Å². The van der Waals surface area contributed by atoms with Crippen LogP contribution in [0.2, 0.25) is 0 Å². The Kier molecular flexibility index (Phi) is 8.10. The molecule has 0 unspecified atom stereocenters. The first-order valence-electron chi connectivity index (χ1n) is 13.0. The molecule has 30 heavy (non-hydrogen) atoms. The van der Waals surface area contributed by atoms with Gasteiger partial charge in [0.25, 0.3) is 0 Å². The van der Waals surface area contributed by atoms with E-state index in [4.69, 9.17) is 0 Å². The molecule has 0 heterocycles. The van der Waals surface area contributed by atoms with Gasteiger partial charge in [-0.05, 0) is 98.4 Å². The number of allylic oxidation sites excluding steroid dienone is 4. The Bertz CT molecular complexity index is 653. The molecular weight excluding hydrogens is 364 g/mol. The lowest BCUT2D eigenvalue weighted by atomic mass is 9.60. The van der Waals surface area contributed by atoms with Gasteiger partial charge in [0.1, 0.15) is 0 Å². The molecule has 1 N–H and O–H groups in total. The summed E-state index contributed by atoms with van der Waals surface area (Å²) in [6.07, 6.45) is 18.2. The van der Waals surface area contributed by atoms with E-state index < -0.39 is 0 Å². The van der Waals surface area contributed by atoms with Gasteiger partial charge in [0.05, 0.1) is 6.10 Å². The maximum Gasteiger partial charge on any atom is 0.0583 e. The highest BCUT2D eigenvalue weighted by molar-refractivity contribution is 5.36. The Labute approximate surface area is 187 Å². The van der Waals surface area contributed by atoms with Gasteiger partial charge in [-0.25, -0.2) is 0 Å². The van der Waals surface area contributed by atoms with E-state index in [1.54, 1.807) is 5.57 Å². The Morgan fingerprint density at radius 1 is 1.10 bits per heavy atom. The van der Waals surface area contributed by atoms with Crippen LogP contribution >= 0.6 is 0 Å². The maximum atomic E-state index is 10.1. The second-order valence-electron chi connectivity index (χ2n) is 11.5. The van der Waals surface area contributed by atoms with Crippen LogP contribution in [0.4, 0.5) is 0 Å². The lowest BCUT2D eigenvalue weighted by molar-refractivity contribution is 0.0900. The normalized spacial score (nSPS) is 37.0. The van der Waals surface area contributed by atoms with Crippen molar-refractivity contribution in [2.75, 3.05) is 0 Å². The van der Waals surface area contributed by atoms with E-state index in [1.807, 2.05) is 0 Å². The molecule has 0 amide bonds. The molecule has 1 nitrogen and oxygen atoms in total. The molecule has 0 aromatic heterocycles. The molecule has 3 aliphatic rings. The molecular formula is C29H48O. The summed E-state index contributed by atoms with van der Waals surface area (Å²) in [5, 5.41) is 10.1. The minimum Gasteiger partial charge on any atom is -0.393 e. The summed E-state index contributed by atoms with van der Waals surface area (Å²) in [4.78, 5) is 0. The zero-order valence-corrected chi connectivity index (χ0v) is 20.6. The van der Waals surface area contributed by atoms with Crippen molar-refractivity contribution < 1.29 is 5.11 Å². The van der Waals surface area contributed by atoms with Crippen LogP contribution in [0.1, 0.15) is 105 Å². The predicted octanol–water partition coefficient (Wildman–Crippen LogP) is 8.26. The molecule has 0 aliphatic heterocycles. The fourth-order valence-corrected chi connectivity index (χ4v) is 7.30. The van der Waals surface area contributed by atoms with Crippen molar-refractivity contribution in [3.63, 3.8) is 0 Å². The van der Waals surface area contributed by atoms with Crippen LogP contribution in [0.15, 0.2) is 35.5 Å². The number of aliphatic hydroxyl groups is 1. The van der Waals surface area contributed by atoms with E-state index in [0.717, 1.165) is 48.9 Å². The lowest BCUT2D eigenvalue weighted by Crippen LogP contribution is -2.36. The van der Waals surface area contributed by atoms with Crippen LogP contribution in [0.3, 0.4) is 0 Å². The van der Waals surface area contributed by atoms with Gasteiger partial charge in [-0.3, -0.25) is 0 Å². The van der Waals surface area contributed by atoms with Crippen LogP contribution in [0.25, 0.3) is 0 Å². The highest BCUT2D eigenvalue weighted by Crippen LogP contribution is 2.60. The van der Waals surface area contributed by atoms with Crippen molar-refractivity contribution in [2.24, 2.45) is 35.0 Å². The number of fused-ring (bicyclic) bond motifs is 1. The van der Waals surface area contributed by atoms with Gasteiger partial charge in [0.15, 0.2) is 0 Å². The summed E-state index contributed by atoms with van der Waals surface area (Å²) in [5.41, 5.74) is 4.71. The van der Waals surface area contributed by atoms with Crippen LogP contribution in [0.5, 0.6) is 0 Å². The molecule has 0 aromatic rings. The van der Waals surface area contributed by atoms with Gasteiger partial charge in [0, 0.05) is 0 Å². The summed E-state index contributed by atoms with van der Waals surface area (Å²) in [6.45, 7) is 16.6. The lowest BCUT2D eigenvalue weighted by Gasteiger charge is -2.44. The first-order valence-corrected chi connectivity index (χ1v) is 13.0. The van der Waals surface area contributed by atoms with Gasteiger partial charge >= 0.3 is 0 Å². The average molecular weight is 413 g/mol. The first-order chi connectivity index (χ1) is 14.3. The molecule has 3 fully saturated rings. The maximum absolute atomic E-state index is 10.1. The van der Waals surface area contributed by atoms with E-state index in [2.05, 4.69) is 53.3 Å². The summed E-state index contributed by atoms with van der Waals surface area (Å²) >= 11 is 0. The van der Waals surface area contributed by atoms with E-state index in [-0.39, 0.29) is 6.10 Å². The fourth-order valence-electron chi connectivity index (χ4n) is 7.30. The Balaban J connectivity index is 1.69. The molecule has 3 aliphatic carbocycles.